The first-order valence-electron chi connectivity index (χ1n) is 20.7. The topological polar surface area (TPSA) is 172 Å². The van der Waals surface area contributed by atoms with Crippen LogP contribution < -0.4 is 19.7 Å². The molecular weight excluding hydrogens is 806 g/mol. The van der Waals surface area contributed by atoms with E-state index in [0.29, 0.717) is 48.7 Å². The Bertz CT molecular complexity index is 2510. The van der Waals surface area contributed by atoms with Crippen LogP contribution in [-0.2, 0) is 14.8 Å². The number of likely N-dealkylation sites (tertiary alicyclic amines) is 1. The zero-order chi connectivity index (χ0) is 41.4. The van der Waals surface area contributed by atoms with Crippen molar-refractivity contribution in [2.45, 2.75) is 68.3 Å². The summed E-state index contributed by atoms with van der Waals surface area (Å²) >= 11 is 6.36. The van der Waals surface area contributed by atoms with E-state index < -0.39 is 31.4 Å². The maximum Gasteiger partial charge on any atom is 0.293 e. The van der Waals surface area contributed by atoms with Crippen LogP contribution in [0.3, 0.4) is 0 Å². The van der Waals surface area contributed by atoms with Gasteiger partial charge in [-0.15, -0.1) is 0 Å². The van der Waals surface area contributed by atoms with Crippen LogP contribution in [0.25, 0.3) is 11.0 Å². The molecule has 16 heteroatoms. The van der Waals surface area contributed by atoms with Crippen molar-refractivity contribution in [1.82, 2.24) is 19.6 Å². The Kier molecular flexibility index (Phi) is 11.2. The fourth-order valence-corrected chi connectivity index (χ4v) is 10.8. The number of sulfonamides is 1. The number of aromatic amines is 1. The lowest BCUT2D eigenvalue weighted by atomic mass is 9.60. The molecule has 1 atom stereocenters. The number of nitrogens with zero attached hydrogens (tertiary/aromatic N) is 4. The van der Waals surface area contributed by atoms with Crippen molar-refractivity contribution < 1.29 is 27.6 Å². The van der Waals surface area contributed by atoms with E-state index in [4.69, 9.17) is 21.1 Å². The van der Waals surface area contributed by atoms with Crippen molar-refractivity contribution in [3.05, 3.63) is 111 Å². The molecule has 314 valence electrons. The number of anilines is 2. The maximum atomic E-state index is 13.9. The molecular formula is C44H48ClN7O7S. The molecule has 60 heavy (non-hydrogen) atoms. The molecule has 5 aromatic rings. The summed E-state index contributed by atoms with van der Waals surface area (Å²) in [5.41, 5.74) is 2.90. The number of fused-ring (bicyclic) bond motifs is 1. The molecule has 9 rings (SSSR count). The van der Waals surface area contributed by atoms with Crippen LogP contribution in [0.1, 0.15) is 73.3 Å². The molecule has 1 spiro atoms. The predicted octanol–water partition coefficient (Wildman–Crippen LogP) is 8.46. The number of hydrogen-bond donors (Lipinski definition) is 3. The molecule has 2 aromatic heterocycles. The first kappa shape index (κ1) is 40.2. The summed E-state index contributed by atoms with van der Waals surface area (Å²) in [4.78, 5) is 37.4. The number of rotatable bonds is 12. The number of halogens is 1. The number of pyridine rings is 1. The number of carbonyl (C=O) groups excluding carboxylic acids is 1. The quantitative estimate of drug-likeness (QED) is 0.0812. The Labute approximate surface area is 353 Å². The van der Waals surface area contributed by atoms with Gasteiger partial charge in [0.2, 0.25) is 0 Å². The third-order valence-electron chi connectivity index (χ3n) is 13.0. The molecule has 14 nitrogen and oxygen atoms in total. The second-order valence-electron chi connectivity index (χ2n) is 16.7. The highest BCUT2D eigenvalue weighted by Gasteiger charge is 2.49. The van der Waals surface area contributed by atoms with E-state index in [-0.39, 0.29) is 22.9 Å². The van der Waals surface area contributed by atoms with Gasteiger partial charge in [-0.05, 0) is 123 Å². The van der Waals surface area contributed by atoms with E-state index >= 15 is 0 Å². The van der Waals surface area contributed by atoms with Gasteiger partial charge >= 0.3 is 0 Å². The number of benzene rings is 3. The summed E-state index contributed by atoms with van der Waals surface area (Å²) in [7, 11) is -4.54. The number of ether oxygens (including phenoxy) is 2. The van der Waals surface area contributed by atoms with Crippen LogP contribution in [-0.4, -0.2) is 79.6 Å². The molecule has 3 saturated heterocycles. The molecule has 0 radical (unpaired) electrons. The van der Waals surface area contributed by atoms with Crippen LogP contribution in [0.4, 0.5) is 17.1 Å². The lowest BCUT2D eigenvalue weighted by Gasteiger charge is -2.56. The number of carbonyl (C=O) groups is 1. The minimum Gasteiger partial charge on any atom is -0.455 e. The minimum absolute atomic E-state index is 0.0177. The van der Waals surface area contributed by atoms with Crippen molar-refractivity contribution >= 4 is 55.6 Å². The Balaban J connectivity index is 0.906. The van der Waals surface area contributed by atoms with Crippen molar-refractivity contribution in [2.75, 3.05) is 49.6 Å². The third kappa shape index (κ3) is 8.40. The van der Waals surface area contributed by atoms with Crippen LogP contribution in [0.2, 0.25) is 5.02 Å². The van der Waals surface area contributed by atoms with Crippen molar-refractivity contribution in [3.8, 4) is 11.5 Å². The van der Waals surface area contributed by atoms with Gasteiger partial charge in [-0.25, -0.2) is 18.1 Å². The number of H-pyrrole nitrogens is 1. The van der Waals surface area contributed by atoms with Gasteiger partial charge in [-0.3, -0.25) is 19.8 Å². The SMILES string of the molecule is O=C(NS(=O)(=O)c1ccc(NCC2CCOCC2)c([N+](=O)[O-])c1)c1ccc(N2CCC3(CC2)CC(N2CCC[C@H]2c2cccc(Cl)c2)C3)cc1Oc1cnc2[nH]ccc2c1. The van der Waals surface area contributed by atoms with Crippen LogP contribution in [0.5, 0.6) is 11.5 Å². The standard InChI is InChI=1S/C44H48ClN7O7S/c45-32-4-1-3-30(21-32)39-5-2-16-51(39)34-25-44(26-34)13-17-50(18-14-44)33-6-8-37(41(23-33)59-35-22-31-10-15-46-42(31)48-28-35)43(53)49-60(56,57)36-7-9-38(40(24-36)52(54)55)47-27-29-11-19-58-20-12-29/h1,3-4,6-10,15,21-24,28-29,34,39,47H,2,5,11-14,16-20,25-27H2,(H,46,48)(H,49,53)/t39-/m0/s1. The zero-order valence-electron chi connectivity index (χ0n) is 33.1. The second-order valence-corrected chi connectivity index (χ2v) is 18.8. The van der Waals surface area contributed by atoms with Gasteiger partial charge in [0.05, 0.1) is 21.6 Å². The number of piperidine rings is 1. The number of nitro groups is 1. The van der Waals surface area contributed by atoms with E-state index in [1.54, 1.807) is 24.4 Å². The number of hydrogen-bond acceptors (Lipinski definition) is 11. The zero-order valence-corrected chi connectivity index (χ0v) is 34.7. The highest BCUT2D eigenvalue weighted by Crippen LogP contribution is 2.54. The Morgan fingerprint density at radius 2 is 1.83 bits per heavy atom. The van der Waals surface area contributed by atoms with Gasteiger partial charge in [-0.2, -0.15) is 0 Å². The van der Waals surface area contributed by atoms with Gasteiger partial charge in [0.15, 0.2) is 0 Å². The molecule has 4 aliphatic rings. The van der Waals surface area contributed by atoms with Gasteiger partial charge in [0.25, 0.3) is 21.6 Å². The third-order valence-corrected chi connectivity index (χ3v) is 14.5. The molecule has 3 aromatic carbocycles. The van der Waals surface area contributed by atoms with Crippen LogP contribution >= 0.6 is 11.6 Å². The minimum atomic E-state index is -4.54. The first-order valence-corrected chi connectivity index (χ1v) is 22.6. The van der Waals surface area contributed by atoms with E-state index in [1.165, 1.54) is 43.2 Å². The van der Waals surface area contributed by atoms with E-state index in [1.807, 2.05) is 24.3 Å². The number of nitrogens with one attached hydrogen (secondary N) is 3. The van der Waals surface area contributed by atoms with Crippen molar-refractivity contribution in [3.63, 3.8) is 0 Å². The van der Waals surface area contributed by atoms with Gasteiger partial charge < -0.3 is 24.7 Å². The van der Waals surface area contributed by atoms with Crippen molar-refractivity contribution in [1.29, 1.82) is 0 Å². The summed E-state index contributed by atoms with van der Waals surface area (Å²) in [5.74, 6) is -0.138. The normalized spacial score (nSPS) is 19.9. The summed E-state index contributed by atoms with van der Waals surface area (Å²) < 4.78 is 41.2. The maximum absolute atomic E-state index is 13.9. The average Bonchev–Trinajstić information content (AvgIpc) is 3.92. The van der Waals surface area contributed by atoms with Crippen LogP contribution in [0.15, 0.2) is 90.1 Å². The van der Waals surface area contributed by atoms with Gasteiger partial charge in [-0.1, -0.05) is 23.7 Å². The Hall–Kier alpha value is -5.22. The van der Waals surface area contributed by atoms with Gasteiger partial charge in [0, 0.05) is 79.4 Å². The van der Waals surface area contributed by atoms with Gasteiger partial charge in [0.1, 0.15) is 22.8 Å². The van der Waals surface area contributed by atoms with E-state index in [2.05, 4.69) is 41.9 Å². The highest BCUT2D eigenvalue weighted by molar-refractivity contribution is 7.90. The van der Waals surface area contributed by atoms with Crippen LogP contribution in [0, 0.1) is 21.4 Å². The lowest BCUT2D eigenvalue weighted by Crippen LogP contribution is -2.54. The molecule has 3 N–H and O–H groups in total. The number of aromatic nitrogens is 2. The Morgan fingerprint density at radius 1 is 1.02 bits per heavy atom. The molecule has 4 fully saturated rings. The van der Waals surface area contributed by atoms with E-state index in [0.717, 1.165) is 73.9 Å². The summed E-state index contributed by atoms with van der Waals surface area (Å²) in [6.07, 6.45) is 11.7. The number of nitro benzene ring substituents is 1. The summed E-state index contributed by atoms with van der Waals surface area (Å²) in [5, 5.41) is 16.8. The lowest BCUT2D eigenvalue weighted by molar-refractivity contribution is -0.384. The highest BCUT2D eigenvalue weighted by atomic mass is 35.5. The molecule has 3 aliphatic heterocycles. The number of amides is 1. The molecule has 0 bridgehead atoms. The summed E-state index contributed by atoms with van der Waals surface area (Å²) in [6, 6.07) is 21.6. The smallest absolute Gasteiger partial charge is 0.293 e. The van der Waals surface area contributed by atoms with E-state index in [9.17, 15) is 23.3 Å². The Morgan fingerprint density at radius 3 is 2.62 bits per heavy atom. The molecule has 1 saturated carbocycles. The molecule has 1 aliphatic carbocycles. The van der Waals surface area contributed by atoms with Crippen molar-refractivity contribution in [2.24, 2.45) is 11.3 Å². The monoisotopic (exact) mass is 853 g/mol. The largest absolute Gasteiger partial charge is 0.455 e. The molecule has 5 heterocycles. The average molecular weight is 854 g/mol. The summed E-state index contributed by atoms with van der Waals surface area (Å²) in [6.45, 7) is 4.53. The predicted molar refractivity (Wildman–Crippen MR) is 229 cm³/mol. The fourth-order valence-electron chi connectivity index (χ4n) is 9.62. The fraction of sp³-hybridized carbons (Fsp3) is 0.409. The molecule has 0 unspecified atom stereocenters. The first-order chi connectivity index (χ1) is 29.0. The second kappa shape index (κ2) is 16.7. The molecule has 1 amide bonds.